The average molecular weight is 380 g/mol. The molecule has 2 amide bonds. The second kappa shape index (κ2) is 9.80. The number of hydrogen-bond donors (Lipinski definition) is 3. The van der Waals surface area contributed by atoms with Crippen LogP contribution in [0.2, 0.25) is 0 Å². The second-order valence-corrected chi connectivity index (χ2v) is 7.08. The Kier molecular flexibility index (Phi) is 8.08. The molecule has 0 spiro atoms. The number of ether oxygens (including phenoxy) is 2. The van der Waals surface area contributed by atoms with Gasteiger partial charge in [-0.2, -0.15) is 0 Å². The number of amides is 2. The Morgan fingerprint density at radius 1 is 1.15 bits per heavy atom. The molecule has 27 heavy (non-hydrogen) atoms. The van der Waals surface area contributed by atoms with Crippen LogP contribution in [0.4, 0.5) is 0 Å². The maximum Gasteiger partial charge on any atom is 0.305 e. The smallest absolute Gasteiger partial charge is 0.305 e. The first kappa shape index (κ1) is 22.3. The molecule has 0 aliphatic carbocycles. The van der Waals surface area contributed by atoms with Gasteiger partial charge >= 0.3 is 5.97 Å². The van der Waals surface area contributed by atoms with Crippen molar-refractivity contribution in [2.45, 2.75) is 39.7 Å². The van der Waals surface area contributed by atoms with Crippen molar-refractivity contribution in [2.75, 3.05) is 20.8 Å². The molecule has 0 radical (unpaired) electrons. The molecule has 0 aliphatic rings. The van der Waals surface area contributed by atoms with Gasteiger partial charge in [-0.15, -0.1) is 0 Å². The number of methoxy groups -OCH3 is 2. The van der Waals surface area contributed by atoms with E-state index in [1.807, 2.05) is 0 Å². The van der Waals surface area contributed by atoms with E-state index in [1.165, 1.54) is 14.2 Å². The van der Waals surface area contributed by atoms with Crippen molar-refractivity contribution < 1.29 is 29.0 Å². The predicted molar refractivity (Wildman–Crippen MR) is 99.8 cm³/mol. The van der Waals surface area contributed by atoms with Gasteiger partial charge in [0.25, 0.3) is 0 Å². The van der Waals surface area contributed by atoms with E-state index in [0.717, 1.165) is 0 Å². The van der Waals surface area contributed by atoms with E-state index in [0.29, 0.717) is 17.1 Å². The predicted octanol–water partition coefficient (Wildman–Crippen LogP) is 1.89. The number of benzene rings is 1. The standard InChI is InChI=1S/C19H28N2O6/c1-19(2,3)18(25)20-9-8-16(22)21-14(11-17(23)24)13-7-6-12(26-4)10-15(13)27-5/h6-7,10,14H,8-9,11H2,1-5H3,(H,20,25)(H,21,22)(H,23,24). The van der Waals surface area contributed by atoms with Crippen LogP contribution in [0.3, 0.4) is 0 Å². The van der Waals surface area contributed by atoms with E-state index in [1.54, 1.807) is 39.0 Å². The van der Waals surface area contributed by atoms with Crippen LogP contribution in [0, 0.1) is 5.41 Å². The Labute approximate surface area is 159 Å². The van der Waals surface area contributed by atoms with E-state index in [2.05, 4.69) is 10.6 Å². The number of hydrogen-bond acceptors (Lipinski definition) is 5. The maximum absolute atomic E-state index is 12.2. The highest BCUT2D eigenvalue weighted by molar-refractivity contribution is 5.82. The summed E-state index contributed by atoms with van der Waals surface area (Å²) in [7, 11) is 2.97. The molecule has 0 saturated heterocycles. The third-order valence-corrected chi connectivity index (χ3v) is 3.85. The molecule has 0 aromatic heterocycles. The van der Waals surface area contributed by atoms with Gasteiger partial charge in [-0.25, -0.2) is 0 Å². The van der Waals surface area contributed by atoms with Crippen molar-refractivity contribution in [3.8, 4) is 11.5 Å². The lowest BCUT2D eigenvalue weighted by molar-refractivity contribution is -0.137. The summed E-state index contributed by atoms with van der Waals surface area (Å²) in [5.74, 6) is -0.607. The number of carboxylic acid groups (broad SMARTS) is 1. The molecular weight excluding hydrogens is 352 g/mol. The van der Waals surface area contributed by atoms with Gasteiger partial charge in [0.15, 0.2) is 0 Å². The Balaban J connectivity index is 2.82. The molecule has 1 aromatic carbocycles. The molecule has 1 atom stereocenters. The number of carboxylic acids is 1. The highest BCUT2D eigenvalue weighted by Crippen LogP contribution is 2.31. The molecule has 0 fully saturated rings. The van der Waals surface area contributed by atoms with Crippen LogP contribution >= 0.6 is 0 Å². The van der Waals surface area contributed by atoms with E-state index >= 15 is 0 Å². The minimum absolute atomic E-state index is 0.0381. The van der Waals surface area contributed by atoms with E-state index < -0.39 is 17.4 Å². The van der Waals surface area contributed by atoms with Crippen LogP contribution in [-0.4, -0.2) is 43.7 Å². The fourth-order valence-electron chi connectivity index (χ4n) is 2.34. The van der Waals surface area contributed by atoms with Crippen LogP contribution < -0.4 is 20.1 Å². The highest BCUT2D eigenvalue weighted by atomic mass is 16.5. The summed E-state index contributed by atoms with van der Waals surface area (Å²) in [5.41, 5.74) is -0.00790. The van der Waals surface area contributed by atoms with Crippen molar-refractivity contribution in [1.82, 2.24) is 10.6 Å². The number of nitrogens with one attached hydrogen (secondary N) is 2. The molecule has 8 heteroatoms. The van der Waals surface area contributed by atoms with E-state index in [4.69, 9.17) is 9.47 Å². The Morgan fingerprint density at radius 2 is 1.81 bits per heavy atom. The van der Waals surface area contributed by atoms with Gasteiger partial charge in [0.05, 0.1) is 26.7 Å². The van der Waals surface area contributed by atoms with Crippen LogP contribution in [0.5, 0.6) is 11.5 Å². The van der Waals surface area contributed by atoms with Crippen molar-refractivity contribution in [3.63, 3.8) is 0 Å². The summed E-state index contributed by atoms with van der Waals surface area (Å²) in [6.07, 6.45) is -0.265. The first-order chi connectivity index (χ1) is 12.6. The maximum atomic E-state index is 12.2. The topological polar surface area (TPSA) is 114 Å². The summed E-state index contributed by atoms with van der Waals surface area (Å²) in [6.45, 7) is 5.51. The largest absolute Gasteiger partial charge is 0.497 e. The lowest BCUT2D eigenvalue weighted by atomic mass is 9.96. The number of carbonyl (C=O) groups is 3. The van der Waals surface area contributed by atoms with Crippen molar-refractivity contribution in [1.29, 1.82) is 0 Å². The van der Waals surface area contributed by atoms with Crippen LogP contribution in [0.15, 0.2) is 18.2 Å². The molecular formula is C19H28N2O6. The molecule has 0 aliphatic heterocycles. The lowest BCUT2D eigenvalue weighted by Crippen LogP contribution is -2.38. The van der Waals surface area contributed by atoms with Crippen LogP contribution in [0.1, 0.15) is 45.2 Å². The van der Waals surface area contributed by atoms with Gasteiger partial charge in [-0.3, -0.25) is 14.4 Å². The Bertz CT molecular complexity index is 681. The van der Waals surface area contributed by atoms with Crippen LogP contribution in [0.25, 0.3) is 0 Å². The zero-order chi connectivity index (χ0) is 20.6. The zero-order valence-electron chi connectivity index (χ0n) is 16.4. The summed E-state index contributed by atoms with van der Waals surface area (Å²) >= 11 is 0. The minimum Gasteiger partial charge on any atom is -0.497 e. The van der Waals surface area contributed by atoms with Gasteiger partial charge < -0.3 is 25.2 Å². The van der Waals surface area contributed by atoms with Gasteiger partial charge in [-0.1, -0.05) is 20.8 Å². The number of rotatable bonds is 9. The highest BCUT2D eigenvalue weighted by Gasteiger charge is 2.23. The average Bonchev–Trinajstić information content (AvgIpc) is 2.59. The quantitative estimate of drug-likeness (QED) is 0.603. The third-order valence-electron chi connectivity index (χ3n) is 3.85. The molecule has 3 N–H and O–H groups in total. The number of carbonyl (C=O) groups excluding carboxylic acids is 2. The SMILES string of the molecule is COc1ccc(C(CC(=O)O)NC(=O)CCNC(=O)C(C)(C)C)c(OC)c1. The molecule has 0 bridgehead atoms. The van der Waals surface area contributed by atoms with Gasteiger partial charge in [0, 0.05) is 30.0 Å². The molecule has 0 heterocycles. The van der Waals surface area contributed by atoms with Gasteiger partial charge in [0.1, 0.15) is 11.5 Å². The zero-order valence-corrected chi connectivity index (χ0v) is 16.4. The summed E-state index contributed by atoms with van der Waals surface area (Å²) in [5, 5.41) is 14.6. The molecule has 1 unspecified atom stereocenters. The molecule has 1 aromatic rings. The first-order valence-corrected chi connectivity index (χ1v) is 8.60. The van der Waals surface area contributed by atoms with Crippen molar-refractivity contribution in [2.24, 2.45) is 5.41 Å². The first-order valence-electron chi connectivity index (χ1n) is 8.60. The normalized spacial score (nSPS) is 12.0. The Hall–Kier alpha value is -2.77. The van der Waals surface area contributed by atoms with Gasteiger partial charge in [-0.05, 0) is 12.1 Å². The van der Waals surface area contributed by atoms with E-state index in [9.17, 15) is 19.5 Å². The lowest BCUT2D eigenvalue weighted by Gasteiger charge is -2.21. The minimum atomic E-state index is -1.06. The van der Waals surface area contributed by atoms with Crippen molar-refractivity contribution in [3.05, 3.63) is 23.8 Å². The molecule has 8 nitrogen and oxygen atoms in total. The summed E-state index contributed by atoms with van der Waals surface area (Å²) in [4.78, 5) is 35.3. The Morgan fingerprint density at radius 3 is 2.33 bits per heavy atom. The molecule has 0 saturated carbocycles. The monoisotopic (exact) mass is 380 g/mol. The fourth-order valence-corrected chi connectivity index (χ4v) is 2.34. The number of aliphatic carboxylic acids is 1. The molecule has 1 rings (SSSR count). The van der Waals surface area contributed by atoms with Crippen LogP contribution in [-0.2, 0) is 14.4 Å². The third kappa shape index (κ3) is 7.16. The second-order valence-electron chi connectivity index (χ2n) is 7.08. The van der Waals surface area contributed by atoms with E-state index in [-0.39, 0.29) is 31.2 Å². The van der Waals surface area contributed by atoms with Crippen molar-refractivity contribution >= 4 is 17.8 Å². The summed E-state index contributed by atoms with van der Waals surface area (Å²) in [6, 6.07) is 4.18. The fraction of sp³-hybridized carbons (Fsp3) is 0.526. The van der Waals surface area contributed by atoms with Gasteiger partial charge in [0.2, 0.25) is 11.8 Å². The molecule has 150 valence electrons. The summed E-state index contributed by atoms with van der Waals surface area (Å²) < 4.78 is 10.4.